The number of aliphatic hydroxyl groups is 1. The van der Waals surface area contributed by atoms with Gasteiger partial charge in [-0.25, -0.2) is 4.98 Å². The molecule has 9 heteroatoms. The van der Waals surface area contributed by atoms with Crippen LogP contribution < -0.4 is 10.9 Å². The highest BCUT2D eigenvalue weighted by Crippen LogP contribution is 2.51. The van der Waals surface area contributed by atoms with Crippen molar-refractivity contribution < 1.29 is 14.7 Å². The Bertz CT molecular complexity index is 1060. The van der Waals surface area contributed by atoms with E-state index < -0.39 is 11.0 Å². The number of carbonyl (C=O) groups is 2. The van der Waals surface area contributed by atoms with Gasteiger partial charge in [-0.15, -0.1) is 0 Å². The zero-order valence-corrected chi connectivity index (χ0v) is 23.0. The van der Waals surface area contributed by atoms with Crippen LogP contribution in [0.2, 0.25) is 0 Å². The van der Waals surface area contributed by atoms with Crippen molar-refractivity contribution in [1.82, 2.24) is 24.7 Å². The Balaban J connectivity index is 1.31. The van der Waals surface area contributed by atoms with Gasteiger partial charge in [-0.3, -0.25) is 14.4 Å². The van der Waals surface area contributed by atoms with Crippen LogP contribution in [-0.4, -0.2) is 81.1 Å². The minimum atomic E-state index is -1.12. The number of piperazine rings is 1. The van der Waals surface area contributed by atoms with Crippen LogP contribution in [-0.2, 0) is 11.3 Å². The molecule has 2 aliphatic carbocycles. The fourth-order valence-electron chi connectivity index (χ4n) is 7.61. The van der Waals surface area contributed by atoms with E-state index in [0.29, 0.717) is 38.5 Å². The van der Waals surface area contributed by atoms with Crippen molar-refractivity contribution in [2.45, 2.75) is 89.7 Å². The van der Waals surface area contributed by atoms with Gasteiger partial charge in [0.05, 0.1) is 18.3 Å². The van der Waals surface area contributed by atoms with Gasteiger partial charge >= 0.3 is 0 Å². The number of carbonyl (C=O) groups excluding carboxylic acids is 2. The summed E-state index contributed by atoms with van der Waals surface area (Å²) in [7, 11) is 0. The fraction of sp³-hybridized carbons (Fsp3) is 0.793. The number of nitrogens with one attached hydrogen (secondary N) is 1. The van der Waals surface area contributed by atoms with Crippen LogP contribution in [0.4, 0.5) is 0 Å². The van der Waals surface area contributed by atoms with E-state index in [1.54, 1.807) is 4.90 Å². The highest BCUT2D eigenvalue weighted by molar-refractivity contribution is 5.92. The van der Waals surface area contributed by atoms with Gasteiger partial charge in [-0.05, 0) is 31.6 Å². The first-order valence-corrected chi connectivity index (χ1v) is 14.9. The first kappa shape index (κ1) is 27.3. The number of hydrogen-bond donors (Lipinski definition) is 2. The Morgan fingerprint density at radius 1 is 1.05 bits per heavy atom. The van der Waals surface area contributed by atoms with Crippen molar-refractivity contribution in [3.63, 3.8) is 0 Å². The molecule has 38 heavy (non-hydrogen) atoms. The van der Waals surface area contributed by atoms with E-state index in [0.717, 1.165) is 45.2 Å². The normalized spacial score (nSPS) is 27.0. The van der Waals surface area contributed by atoms with Crippen LogP contribution in [0.25, 0.3) is 0 Å². The zero-order chi connectivity index (χ0) is 26.8. The van der Waals surface area contributed by atoms with Crippen LogP contribution in [0.5, 0.6) is 0 Å². The van der Waals surface area contributed by atoms with Gasteiger partial charge in [0.25, 0.3) is 11.5 Å². The molecule has 4 fully saturated rings. The maximum atomic E-state index is 13.5. The molecular weight excluding hydrogens is 482 g/mol. The maximum absolute atomic E-state index is 13.5. The number of amides is 2. The summed E-state index contributed by atoms with van der Waals surface area (Å²) in [5, 5.41) is 15.4. The second-order valence-electron chi connectivity index (χ2n) is 12.5. The fourth-order valence-corrected chi connectivity index (χ4v) is 7.61. The lowest BCUT2D eigenvalue weighted by Gasteiger charge is -2.52. The van der Waals surface area contributed by atoms with Gasteiger partial charge in [-0.2, -0.15) is 0 Å². The second kappa shape index (κ2) is 11.5. The van der Waals surface area contributed by atoms with E-state index in [4.69, 9.17) is 0 Å². The van der Waals surface area contributed by atoms with Crippen LogP contribution in [0.3, 0.4) is 0 Å². The molecule has 9 nitrogen and oxygen atoms in total. The van der Waals surface area contributed by atoms with Crippen molar-refractivity contribution in [1.29, 1.82) is 0 Å². The van der Waals surface area contributed by atoms with E-state index in [1.165, 1.54) is 49.1 Å². The molecule has 0 radical (unpaired) electrons. The summed E-state index contributed by atoms with van der Waals surface area (Å²) < 4.78 is 1.48. The number of aromatic nitrogens is 2. The highest BCUT2D eigenvalue weighted by Gasteiger charge is 2.55. The predicted molar refractivity (Wildman–Crippen MR) is 145 cm³/mol. The third kappa shape index (κ3) is 5.55. The van der Waals surface area contributed by atoms with Gasteiger partial charge < -0.3 is 24.8 Å². The van der Waals surface area contributed by atoms with Crippen LogP contribution in [0.1, 0.15) is 88.0 Å². The molecule has 1 aromatic heterocycles. The number of hydrogen-bond acceptors (Lipinski definition) is 6. The molecule has 2 saturated heterocycles. The van der Waals surface area contributed by atoms with E-state index in [-0.39, 0.29) is 35.5 Å². The first-order chi connectivity index (χ1) is 18.3. The number of piperidine rings is 1. The lowest BCUT2D eigenvalue weighted by molar-refractivity contribution is -0.163. The molecule has 4 aliphatic rings. The Kier molecular flexibility index (Phi) is 8.24. The Hall–Kier alpha value is -2.26. The quantitative estimate of drug-likeness (QED) is 0.588. The standard InChI is InChI=1S/C29H45N5O4/c1-22(17-23-7-3-2-4-8-23)26(36)33-14-11-29(38,28(20-33)9-5-6-10-28)21-34-19-24(31-18-25(34)35)27(37)32-15-12-30-13-16-32/h18-19,22-23,30,38H,2-17,20-21H2,1H3. The highest BCUT2D eigenvalue weighted by atomic mass is 16.3. The summed E-state index contributed by atoms with van der Waals surface area (Å²) >= 11 is 0. The molecule has 2 N–H and O–H groups in total. The molecule has 1 aromatic rings. The Labute approximate surface area is 226 Å². The van der Waals surface area contributed by atoms with Crippen molar-refractivity contribution in [2.24, 2.45) is 17.3 Å². The van der Waals surface area contributed by atoms with E-state index in [2.05, 4.69) is 17.2 Å². The van der Waals surface area contributed by atoms with E-state index >= 15 is 0 Å². The molecule has 2 atom stereocenters. The maximum Gasteiger partial charge on any atom is 0.274 e. The van der Waals surface area contributed by atoms with E-state index in [9.17, 15) is 19.5 Å². The molecule has 2 amide bonds. The lowest BCUT2D eigenvalue weighted by atomic mass is 9.65. The van der Waals surface area contributed by atoms with Crippen molar-refractivity contribution in [3.8, 4) is 0 Å². The van der Waals surface area contributed by atoms with Gasteiger partial charge in [0.15, 0.2) is 0 Å². The number of likely N-dealkylation sites (tertiary alicyclic amines) is 1. The Morgan fingerprint density at radius 3 is 2.47 bits per heavy atom. The minimum absolute atomic E-state index is 0.00382. The molecule has 3 heterocycles. The molecule has 210 valence electrons. The molecule has 1 spiro atoms. The van der Waals surface area contributed by atoms with Gasteiger partial charge in [-0.1, -0.05) is 51.9 Å². The lowest BCUT2D eigenvalue weighted by Crippen LogP contribution is -2.62. The summed E-state index contributed by atoms with van der Waals surface area (Å²) in [6.45, 7) is 5.93. The molecule has 2 aliphatic heterocycles. The Morgan fingerprint density at radius 2 is 1.76 bits per heavy atom. The molecular formula is C29H45N5O4. The smallest absolute Gasteiger partial charge is 0.274 e. The summed E-state index contributed by atoms with van der Waals surface area (Å²) in [6.07, 6.45) is 14.2. The summed E-state index contributed by atoms with van der Waals surface area (Å²) in [5.41, 5.74) is -1.63. The summed E-state index contributed by atoms with van der Waals surface area (Å²) in [4.78, 5) is 47.3. The minimum Gasteiger partial charge on any atom is -0.387 e. The van der Waals surface area contributed by atoms with Gasteiger partial charge in [0, 0.05) is 56.8 Å². The van der Waals surface area contributed by atoms with Crippen molar-refractivity contribution in [3.05, 3.63) is 28.4 Å². The first-order valence-electron chi connectivity index (χ1n) is 14.9. The molecule has 2 unspecified atom stereocenters. The average molecular weight is 528 g/mol. The average Bonchev–Trinajstić information content (AvgIpc) is 3.42. The monoisotopic (exact) mass is 527 g/mol. The van der Waals surface area contributed by atoms with Gasteiger partial charge in [0.1, 0.15) is 5.69 Å². The van der Waals surface area contributed by atoms with Crippen molar-refractivity contribution in [2.75, 3.05) is 39.3 Å². The van der Waals surface area contributed by atoms with Gasteiger partial charge in [0.2, 0.25) is 5.91 Å². The van der Waals surface area contributed by atoms with Crippen LogP contribution in [0, 0.1) is 17.3 Å². The molecule has 2 saturated carbocycles. The molecule has 0 bridgehead atoms. The number of nitrogens with zero attached hydrogens (tertiary/aromatic N) is 4. The third-order valence-electron chi connectivity index (χ3n) is 9.91. The largest absolute Gasteiger partial charge is 0.387 e. The zero-order valence-electron chi connectivity index (χ0n) is 23.0. The molecule has 0 aromatic carbocycles. The summed E-state index contributed by atoms with van der Waals surface area (Å²) in [6, 6.07) is 0. The number of rotatable bonds is 6. The van der Waals surface area contributed by atoms with Crippen LogP contribution in [0.15, 0.2) is 17.2 Å². The SMILES string of the molecule is CC(CC1CCCCC1)C(=O)N1CCC(O)(Cn2cc(C(=O)N3CCNCC3)ncc2=O)C2(CCCC2)C1. The second-order valence-corrected chi connectivity index (χ2v) is 12.5. The van der Waals surface area contributed by atoms with E-state index in [1.807, 2.05) is 4.90 Å². The summed E-state index contributed by atoms with van der Waals surface area (Å²) in [5.74, 6) is 0.690. The topological polar surface area (TPSA) is 108 Å². The van der Waals surface area contributed by atoms with Crippen LogP contribution >= 0.6 is 0 Å². The molecule has 5 rings (SSSR count). The van der Waals surface area contributed by atoms with Crippen molar-refractivity contribution >= 4 is 11.8 Å². The predicted octanol–water partition coefficient (Wildman–Crippen LogP) is 2.42. The third-order valence-corrected chi connectivity index (χ3v) is 9.91.